The molecule has 0 aliphatic rings. The van der Waals surface area contributed by atoms with Gasteiger partial charge in [-0.1, -0.05) is 33.1 Å². The largest absolute Gasteiger partial charge is 0.756 e. The van der Waals surface area contributed by atoms with Crippen molar-refractivity contribution < 1.29 is 28.5 Å². The molecule has 0 aromatic carbocycles. The quantitative estimate of drug-likeness (QED) is 0.435. The summed E-state index contributed by atoms with van der Waals surface area (Å²) in [6.07, 6.45) is 3.98. The zero-order valence-electron chi connectivity index (χ0n) is 14.2. The molecule has 5 N–H and O–H groups in total. The van der Waals surface area contributed by atoms with Crippen molar-refractivity contribution in [1.82, 2.24) is 6.15 Å². The molecule has 21 heavy (non-hydrogen) atoms. The number of unbranched alkanes of at least 4 members (excludes halogenated alkanes) is 1. The van der Waals surface area contributed by atoms with Gasteiger partial charge in [0.2, 0.25) is 0 Å². The Kier molecular flexibility index (Phi) is 16.8. The first kappa shape index (κ1) is 25.9. The highest BCUT2D eigenvalue weighted by molar-refractivity contribution is 7.44. The minimum absolute atomic E-state index is 0. The number of quaternary nitrogens is 1. The molecule has 0 aromatic heterocycles. The summed E-state index contributed by atoms with van der Waals surface area (Å²) in [4.78, 5) is 18.7. The highest BCUT2D eigenvalue weighted by Crippen LogP contribution is 2.32. The molecular weight excluding hydrogens is 295 g/mol. The normalized spacial score (nSPS) is 15.2. The summed E-state index contributed by atoms with van der Waals surface area (Å²) in [7, 11) is 1.64. The van der Waals surface area contributed by atoms with Gasteiger partial charge in [-0.25, -0.2) is 0 Å². The molecule has 0 radical (unpaired) electrons. The first-order valence-electron chi connectivity index (χ1n) is 7.15. The van der Waals surface area contributed by atoms with Crippen molar-refractivity contribution in [3.8, 4) is 0 Å². The van der Waals surface area contributed by atoms with Crippen LogP contribution in [0.2, 0.25) is 0 Å². The van der Waals surface area contributed by atoms with E-state index in [-0.39, 0.29) is 25.3 Å². The lowest BCUT2D eigenvalue weighted by atomic mass is 10.0. The molecule has 0 aromatic rings. The Bertz CT molecular complexity index is 266. The molecule has 0 heterocycles. The number of likely N-dealkylation sites (N-methyl/N-ethyl adjacent to an activating group) is 1. The van der Waals surface area contributed by atoms with Gasteiger partial charge in [0.1, 0.15) is 6.54 Å². The van der Waals surface area contributed by atoms with Crippen LogP contribution in [0.1, 0.15) is 39.5 Å². The Labute approximate surface area is 129 Å². The fourth-order valence-electron chi connectivity index (χ4n) is 1.40. The molecule has 0 saturated heterocycles. The van der Waals surface area contributed by atoms with Gasteiger partial charge in [-0.05, 0) is 12.3 Å². The number of hydrogen-bond donors (Lipinski definition) is 3. The van der Waals surface area contributed by atoms with Gasteiger partial charge in [-0.3, -0.25) is 4.57 Å². The number of phosphoric acid groups is 1. The first-order chi connectivity index (χ1) is 9.05. The maximum atomic E-state index is 10.3. The van der Waals surface area contributed by atoms with Crippen LogP contribution in [-0.4, -0.2) is 55.4 Å². The van der Waals surface area contributed by atoms with E-state index >= 15 is 0 Å². The van der Waals surface area contributed by atoms with Gasteiger partial charge in [0.15, 0.2) is 0 Å². The number of aliphatic hydroxyl groups excluding tert-OH is 1. The van der Waals surface area contributed by atoms with Gasteiger partial charge in [-0.2, -0.15) is 0 Å². The van der Waals surface area contributed by atoms with E-state index < -0.39 is 7.82 Å². The molecule has 0 aliphatic carbocycles. The molecule has 0 saturated carbocycles. The van der Waals surface area contributed by atoms with E-state index in [1.165, 1.54) is 0 Å². The lowest BCUT2D eigenvalue weighted by molar-refractivity contribution is -0.870. The molecule has 132 valence electrons. The summed E-state index contributed by atoms with van der Waals surface area (Å²) in [6.45, 7) is 5.28. The molecule has 0 aliphatic heterocycles. The second-order valence-corrected chi connectivity index (χ2v) is 7.11. The Hall–Kier alpha value is -0.0100. The van der Waals surface area contributed by atoms with Crippen molar-refractivity contribution in [1.29, 1.82) is 0 Å². The van der Waals surface area contributed by atoms with E-state index in [1.54, 1.807) is 0 Å². The lowest BCUT2D eigenvalue weighted by Gasteiger charge is -2.21. The van der Waals surface area contributed by atoms with E-state index in [2.05, 4.69) is 32.6 Å². The number of nitrogens with zero attached hydrogens (tertiary/aromatic N) is 1. The molecule has 0 bridgehead atoms. The number of rotatable bonds is 9. The minimum atomic E-state index is -4.51. The average Bonchev–Trinajstić information content (AvgIpc) is 2.27. The molecule has 0 amide bonds. The van der Waals surface area contributed by atoms with Crippen molar-refractivity contribution in [2.24, 2.45) is 5.92 Å². The van der Waals surface area contributed by atoms with Crippen LogP contribution in [0.15, 0.2) is 0 Å². The standard InChI is InChI=1S/C8H19O4P.C5H14NO.H3N/c1-3-5-6-8(4-2)7-12-13(9,10)11;1-6(2,3)4-5-7;/h8H,3-7H2,1-2H3,(H2,9,10,11);7H,4-5H2,1-3H3;1H3/q;+1;/p-1. The van der Waals surface area contributed by atoms with Gasteiger partial charge < -0.3 is 30.1 Å². The van der Waals surface area contributed by atoms with Crippen LogP contribution in [0.5, 0.6) is 0 Å². The Morgan fingerprint density at radius 3 is 2.05 bits per heavy atom. The summed E-state index contributed by atoms with van der Waals surface area (Å²) >= 11 is 0. The predicted molar refractivity (Wildman–Crippen MR) is 84.1 cm³/mol. The van der Waals surface area contributed by atoms with Crippen LogP contribution in [0, 0.1) is 5.92 Å². The number of phosphoric ester groups is 1. The predicted octanol–water partition coefficient (Wildman–Crippen LogP) is 1.53. The van der Waals surface area contributed by atoms with Crippen molar-refractivity contribution in [3.63, 3.8) is 0 Å². The van der Waals surface area contributed by atoms with E-state index in [0.29, 0.717) is 0 Å². The summed E-state index contributed by atoms with van der Waals surface area (Å²) in [5.41, 5.74) is 0. The summed E-state index contributed by atoms with van der Waals surface area (Å²) in [6, 6.07) is 0. The molecule has 8 heteroatoms. The highest BCUT2D eigenvalue weighted by atomic mass is 31.2. The third-order valence-corrected chi connectivity index (χ3v) is 3.26. The minimum Gasteiger partial charge on any atom is -0.756 e. The van der Waals surface area contributed by atoms with Crippen LogP contribution in [-0.2, 0) is 9.09 Å². The third-order valence-electron chi connectivity index (χ3n) is 2.79. The van der Waals surface area contributed by atoms with E-state index in [1.807, 2.05) is 6.92 Å². The molecule has 2 unspecified atom stereocenters. The van der Waals surface area contributed by atoms with Crippen molar-refractivity contribution in [2.75, 3.05) is 40.9 Å². The third kappa shape index (κ3) is 25.3. The zero-order chi connectivity index (χ0) is 16.2. The van der Waals surface area contributed by atoms with Gasteiger partial charge in [-0.15, -0.1) is 0 Å². The van der Waals surface area contributed by atoms with Crippen LogP contribution < -0.4 is 11.0 Å². The summed E-state index contributed by atoms with van der Waals surface area (Å²) < 4.78 is 15.5. The van der Waals surface area contributed by atoms with Crippen molar-refractivity contribution in [2.45, 2.75) is 39.5 Å². The number of aliphatic hydroxyl groups is 1. The topological polar surface area (TPSA) is 125 Å². The highest BCUT2D eigenvalue weighted by Gasteiger charge is 2.09. The summed E-state index contributed by atoms with van der Waals surface area (Å²) in [5, 5.41) is 8.39. The second kappa shape index (κ2) is 13.6. The van der Waals surface area contributed by atoms with Gasteiger partial charge in [0.25, 0.3) is 7.82 Å². The molecule has 7 nitrogen and oxygen atoms in total. The molecule has 0 spiro atoms. The monoisotopic (exact) mass is 330 g/mol. The Morgan fingerprint density at radius 1 is 1.29 bits per heavy atom. The molecule has 2 atom stereocenters. The van der Waals surface area contributed by atoms with Crippen LogP contribution in [0.4, 0.5) is 0 Å². The van der Waals surface area contributed by atoms with Gasteiger partial charge in [0.05, 0.1) is 34.4 Å². The number of hydrogen-bond acceptors (Lipinski definition) is 5. The SMILES string of the molecule is CCCCC(CC)COP(=O)([O-])O.C[N+](C)(C)CCO.N. The van der Waals surface area contributed by atoms with Crippen molar-refractivity contribution in [3.05, 3.63) is 0 Å². The Morgan fingerprint density at radius 2 is 1.81 bits per heavy atom. The smallest absolute Gasteiger partial charge is 0.265 e. The maximum Gasteiger partial charge on any atom is 0.265 e. The average molecular weight is 330 g/mol. The first-order valence-corrected chi connectivity index (χ1v) is 8.64. The fourth-order valence-corrected chi connectivity index (χ4v) is 1.80. The van der Waals surface area contributed by atoms with Crippen LogP contribution in [0.25, 0.3) is 0 Å². The van der Waals surface area contributed by atoms with Crippen LogP contribution in [0.3, 0.4) is 0 Å². The van der Waals surface area contributed by atoms with Gasteiger partial charge >= 0.3 is 0 Å². The fraction of sp³-hybridized carbons (Fsp3) is 1.00. The lowest BCUT2D eigenvalue weighted by Crippen LogP contribution is -2.36. The molecular formula is C13H35N2O5P. The summed E-state index contributed by atoms with van der Waals surface area (Å²) in [5.74, 6) is 0.231. The van der Waals surface area contributed by atoms with E-state index in [9.17, 15) is 9.46 Å². The second-order valence-electron chi connectivity index (χ2n) is 5.92. The molecule has 0 rings (SSSR count). The van der Waals surface area contributed by atoms with Crippen molar-refractivity contribution >= 4 is 7.82 Å². The zero-order valence-corrected chi connectivity index (χ0v) is 15.1. The maximum absolute atomic E-state index is 10.3. The van der Waals surface area contributed by atoms with Gasteiger partial charge in [0, 0.05) is 0 Å². The molecule has 0 fully saturated rings. The van der Waals surface area contributed by atoms with E-state index in [4.69, 9.17) is 10.00 Å². The Balaban J connectivity index is -0.000000347. The van der Waals surface area contributed by atoms with E-state index in [0.717, 1.165) is 36.7 Å². The van der Waals surface area contributed by atoms with Crippen LogP contribution >= 0.6 is 7.82 Å².